The Hall–Kier alpha value is -2.24. The third-order valence-corrected chi connectivity index (χ3v) is 3.32. The average molecular weight is 248 g/mol. The van der Waals surface area contributed by atoms with Crippen LogP contribution in [0.25, 0.3) is 0 Å². The van der Waals surface area contributed by atoms with Crippen molar-refractivity contribution in [2.75, 3.05) is 7.05 Å². The number of carbonyl (C=O) groups is 2. The van der Waals surface area contributed by atoms with Crippen molar-refractivity contribution < 1.29 is 14.5 Å². The fourth-order valence-corrected chi connectivity index (χ4v) is 2.26. The van der Waals surface area contributed by atoms with Gasteiger partial charge in [-0.2, -0.15) is 0 Å². The molecule has 1 aromatic rings. The van der Waals surface area contributed by atoms with E-state index in [1.807, 2.05) is 0 Å². The lowest BCUT2D eigenvalue weighted by atomic mass is 9.85. The standard InChI is InChI=1S/C12H12N2O4/c1-12(11(16)13-2)6-7-3-4-8(14(17)18)5-9(7)10(12)15/h3-5H,6H2,1-2H3,(H,13,16). The second-order valence-corrected chi connectivity index (χ2v) is 4.52. The third kappa shape index (κ3) is 1.57. The van der Waals surface area contributed by atoms with E-state index < -0.39 is 10.3 Å². The summed E-state index contributed by atoms with van der Waals surface area (Å²) in [4.78, 5) is 34.1. The lowest BCUT2D eigenvalue weighted by Crippen LogP contribution is -2.41. The van der Waals surface area contributed by atoms with Crippen LogP contribution in [-0.2, 0) is 11.2 Å². The summed E-state index contributed by atoms with van der Waals surface area (Å²) in [6.07, 6.45) is 0.277. The van der Waals surface area contributed by atoms with Gasteiger partial charge >= 0.3 is 0 Å². The van der Waals surface area contributed by atoms with Gasteiger partial charge in [-0.15, -0.1) is 0 Å². The Labute approximate surface area is 103 Å². The highest BCUT2D eigenvalue weighted by Gasteiger charge is 2.47. The largest absolute Gasteiger partial charge is 0.358 e. The molecular formula is C12H12N2O4. The lowest BCUT2D eigenvalue weighted by molar-refractivity contribution is -0.384. The van der Waals surface area contributed by atoms with Crippen molar-refractivity contribution in [1.29, 1.82) is 0 Å². The third-order valence-electron chi connectivity index (χ3n) is 3.32. The van der Waals surface area contributed by atoms with E-state index in [-0.39, 0.29) is 29.4 Å². The highest BCUT2D eigenvalue weighted by molar-refractivity contribution is 6.17. The van der Waals surface area contributed by atoms with E-state index in [1.165, 1.54) is 19.2 Å². The van der Waals surface area contributed by atoms with E-state index in [4.69, 9.17) is 0 Å². The molecule has 0 heterocycles. The zero-order valence-electron chi connectivity index (χ0n) is 10.0. The van der Waals surface area contributed by atoms with Crippen LogP contribution in [0, 0.1) is 15.5 Å². The van der Waals surface area contributed by atoms with Gasteiger partial charge in [0, 0.05) is 24.7 Å². The molecule has 1 aliphatic carbocycles. The van der Waals surface area contributed by atoms with Gasteiger partial charge in [0.25, 0.3) is 5.69 Å². The van der Waals surface area contributed by atoms with Crippen molar-refractivity contribution in [2.24, 2.45) is 5.41 Å². The van der Waals surface area contributed by atoms with Crippen LogP contribution in [0.2, 0.25) is 0 Å². The topological polar surface area (TPSA) is 89.3 Å². The smallest absolute Gasteiger partial charge is 0.270 e. The molecule has 1 aliphatic rings. The summed E-state index contributed by atoms with van der Waals surface area (Å²) in [6.45, 7) is 1.56. The number of nitrogens with one attached hydrogen (secondary N) is 1. The maximum Gasteiger partial charge on any atom is 0.270 e. The van der Waals surface area contributed by atoms with Crippen LogP contribution < -0.4 is 5.32 Å². The summed E-state index contributed by atoms with van der Waals surface area (Å²) in [5, 5.41) is 13.1. The predicted molar refractivity (Wildman–Crippen MR) is 63.3 cm³/mol. The molecule has 1 N–H and O–H groups in total. The number of fused-ring (bicyclic) bond motifs is 1. The average Bonchev–Trinajstić information content (AvgIpc) is 2.61. The molecule has 0 saturated heterocycles. The number of rotatable bonds is 2. The molecule has 2 rings (SSSR count). The number of benzene rings is 1. The van der Waals surface area contributed by atoms with Gasteiger partial charge in [0.2, 0.25) is 5.91 Å². The van der Waals surface area contributed by atoms with Crippen LogP contribution in [0.3, 0.4) is 0 Å². The van der Waals surface area contributed by atoms with Gasteiger partial charge in [0.05, 0.1) is 4.92 Å². The van der Waals surface area contributed by atoms with E-state index in [1.54, 1.807) is 13.0 Å². The van der Waals surface area contributed by atoms with Crippen LogP contribution >= 0.6 is 0 Å². The summed E-state index contributed by atoms with van der Waals surface area (Å²) >= 11 is 0. The summed E-state index contributed by atoms with van der Waals surface area (Å²) in [5.41, 5.74) is -0.345. The van der Waals surface area contributed by atoms with Crippen molar-refractivity contribution in [1.82, 2.24) is 5.32 Å². The number of non-ortho nitro benzene ring substituents is 1. The zero-order chi connectivity index (χ0) is 13.5. The highest BCUT2D eigenvalue weighted by Crippen LogP contribution is 2.38. The molecule has 6 nitrogen and oxygen atoms in total. The number of amides is 1. The number of nitro benzene ring substituents is 1. The Kier molecular flexibility index (Phi) is 2.65. The normalized spacial score (nSPS) is 21.6. The number of ketones is 1. The predicted octanol–water partition coefficient (Wildman–Crippen LogP) is 1.09. The Morgan fingerprint density at radius 2 is 2.17 bits per heavy atom. The zero-order valence-corrected chi connectivity index (χ0v) is 10.0. The second-order valence-electron chi connectivity index (χ2n) is 4.52. The Balaban J connectivity index is 2.49. The fourth-order valence-electron chi connectivity index (χ4n) is 2.26. The number of hydrogen-bond acceptors (Lipinski definition) is 4. The van der Waals surface area contributed by atoms with Gasteiger partial charge in [0.15, 0.2) is 5.78 Å². The van der Waals surface area contributed by atoms with Gasteiger partial charge < -0.3 is 5.32 Å². The summed E-state index contributed by atoms with van der Waals surface area (Å²) < 4.78 is 0. The highest BCUT2D eigenvalue weighted by atomic mass is 16.6. The maximum absolute atomic E-state index is 12.2. The molecule has 1 unspecified atom stereocenters. The Morgan fingerprint density at radius 1 is 1.50 bits per heavy atom. The van der Waals surface area contributed by atoms with Crippen LogP contribution in [-0.4, -0.2) is 23.7 Å². The van der Waals surface area contributed by atoms with Gasteiger partial charge in [-0.3, -0.25) is 19.7 Å². The van der Waals surface area contributed by atoms with Gasteiger partial charge in [-0.25, -0.2) is 0 Å². The van der Waals surface area contributed by atoms with E-state index in [9.17, 15) is 19.7 Å². The molecule has 0 aromatic heterocycles. The minimum Gasteiger partial charge on any atom is -0.358 e. The number of carbonyl (C=O) groups excluding carboxylic acids is 2. The van der Waals surface area contributed by atoms with Crippen molar-refractivity contribution in [3.8, 4) is 0 Å². The second kappa shape index (κ2) is 3.90. The van der Waals surface area contributed by atoms with Gasteiger partial charge in [0.1, 0.15) is 5.41 Å². The fraction of sp³-hybridized carbons (Fsp3) is 0.333. The van der Waals surface area contributed by atoms with Crippen molar-refractivity contribution in [3.05, 3.63) is 39.4 Å². The van der Waals surface area contributed by atoms with Gasteiger partial charge in [-0.05, 0) is 18.9 Å². The van der Waals surface area contributed by atoms with Crippen LogP contribution in [0.1, 0.15) is 22.8 Å². The molecule has 1 atom stereocenters. The Morgan fingerprint density at radius 3 is 2.72 bits per heavy atom. The Bertz CT molecular complexity index is 567. The molecule has 0 saturated carbocycles. The van der Waals surface area contributed by atoms with Crippen LogP contribution in [0.15, 0.2) is 18.2 Å². The molecule has 0 bridgehead atoms. The molecular weight excluding hydrogens is 236 g/mol. The van der Waals surface area contributed by atoms with Gasteiger partial charge in [-0.1, -0.05) is 6.07 Å². The van der Waals surface area contributed by atoms with Crippen molar-refractivity contribution >= 4 is 17.4 Å². The molecule has 0 aliphatic heterocycles. The first-order chi connectivity index (χ1) is 8.40. The molecule has 6 heteroatoms. The SMILES string of the molecule is CNC(=O)C1(C)Cc2ccc([N+](=O)[O-])cc2C1=O. The minimum atomic E-state index is -1.16. The van der Waals surface area contributed by atoms with E-state index >= 15 is 0 Å². The minimum absolute atomic E-state index is 0.136. The van der Waals surface area contributed by atoms with E-state index in [2.05, 4.69) is 5.32 Å². The van der Waals surface area contributed by atoms with Crippen molar-refractivity contribution in [3.63, 3.8) is 0 Å². The molecule has 0 fully saturated rings. The number of nitrogens with zero attached hydrogens (tertiary/aromatic N) is 1. The molecule has 0 spiro atoms. The first kappa shape index (κ1) is 12.2. The van der Waals surface area contributed by atoms with Crippen molar-refractivity contribution in [2.45, 2.75) is 13.3 Å². The molecule has 18 heavy (non-hydrogen) atoms. The summed E-state index contributed by atoms with van der Waals surface area (Å²) in [7, 11) is 1.46. The lowest BCUT2D eigenvalue weighted by Gasteiger charge is -2.19. The molecule has 1 aromatic carbocycles. The van der Waals surface area contributed by atoms with E-state index in [0.29, 0.717) is 5.56 Å². The first-order valence-electron chi connectivity index (χ1n) is 5.44. The number of hydrogen-bond donors (Lipinski definition) is 1. The molecule has 94 valence electrons. The monoisotopic (exact) mass is 248 g/mol. The number of Topliss-reactive ketones (excluding diaryl/α,β-unsaturated/α-hetero) is 1. The molecule has 1 amide bonds. The van der Waals surface area contributed by atoms with E-state index in [0.717, 1.165) is 0 Å². The molecule has 0 radical (unpaired) electrons. The van der Waals surface area contributed by atoms with Crippen LogP contribution in [0.5, 0.6) is 0 Å². The quantitative estimate of drug-likeness (QED) is 0.482. The van der Waals surface area contributed by atoms with Crippen LogP contribution in [0.4, 0.5) is 5.69 Å². The number of nitro groups is 1. The first-order valence-corrected chi connectivity index (χ1v) is 5.44. The summed E-state index contributed by atoms with van der Waals surface area (Å²) in [5.74, 6) is -0.730. The summed E-state index contributed by atoms with van der Waals surface area (Å²) in [6, 6.07) is 4.13. The maximum atomic E-state index is 12.2.